The molecule has 0 heterocycles. The molecule has 0 aliphatic heterocycles. The van der Waals surface area contributed by atoms with E-state index in [4.69, 9.17) is 10.4 Å². The molecule has 0 saturated carbocycles. The highest BCUT2D eigenvalue weighted by Gasteiger charge is 2.15. The summed E-state index contributed by atoms with van der Waals surface area (Å²) in [4.78, 5) is 24.0. The Balaban J connectivity index is 2.82. The fourth-order valence-electron chi connectivity index (χ4n) is 1.75. The lowest BCUT2D eigenvalue weighted by Crippen LogP contribution is -2.36. The van der Waals surface area contributed by atoms with E-state index in [1.165, 1.54) is 4.90 Å². The maximum atomic E-state index is 12.0. The number of nitriles is 1. The van der Waals surface area contributed by atoms with Gasteiger partial charge in [0.05, 0.1) is 17.7 Å². The number of nitrogens with one attached hydrogen (secondary N) is 1. The Kier molecular flexibility index (Phi) is 5.54. The standard InChI is InChI=1S/C14H17N3O3/c1-3-17(8-7-13(18)19)14(20)16-12-6-4-5-10(2)11(12)9-15/h4-6H,3,7-8H2,1-2H3,(H,16,20)(H,18,19). The summed E-state index contributed by atoms with van der Waals surface area (Å²) in [6.07, 6.45) is -0.111. The lowest BCUT2D eigenvalue weighted by Gasteiger charge is -2.21. The van der Waals surface area contributed by atoms with Crippen molar-refractivity contribution in [2.24, 2.45) is 0 Å². The number of nitrogens with zero attached hydrogens (tertiary/aromatic N) is 2. The van der Waals surface area contributed by atoms with Crippen molar-refractivity contribution in [1.82, 2.24) is 4.90 Å². The summed E-state index contributed by atoms with van der Waals surface area (Å²) in [5, 5.41) is 20.4. The van der Waals surface area contributed by atoms with Crippen LogP contribution in [-0.2, 0) is 4.79 Å². The number of urea groups is 1. The van der Waals surface area contributed by atoms with E-state index in [2.05, 4.69) is 5.32 Å². The van der Waals surface area contributed by atoms with Crippen LogP contribution in [0.15, 0.2) is 18.2 Å². The first kappa shape index (κ1) is 15.5. The molecule has 0 saturated heterocycles. The largest absolute Gasteiger partial charge is 0.481 e. The Morgan fingerprint density at radius 3 is 2.70 bits per heavy atom. The summed E-state index contributed by atoms with van der Waals surface area (Å²) < 4.78 is 0. The molecule has 106 valence electrons. The zero-order valence-electron chi connectivity index (χ0n) is 11.5. The summed E-state index contributed by atoms with van der Waals surface area (Å²) in [6, 6.07) is 6.83. The lowest BCUT2D eigenvalue weighted by molar-refractivity contribution is -0.137. The van der Waals surface area contributed by atoms with Crippen LogP contribution >= 0.6 is 0 Å². The SMILES string of the molecule is CCN(CCC(=O)O)C(=O)Nc1cccc(C)c1C#N. The van der Waals surface area contributed by atoms with Crippen molar-refractivity contribution < 1.29 is 14.7 Å². The minimum atomic E-state index is -0.954. The highest BCUT2D eigenvalue weighted by Crippen LogP contribution is 2.18. The van der Waals surface area contributed by atoms with Gasteiger partial charge in [0, 0.05) is 13.1 Å². The van der Waals surface area contributed by atoms with Crippen LogP contribution in [0.2, 0.25) is 0 Å². The van der Waals surface area contributed by atoms with Gasteiger partial charge >= 0.3 is 12.0 Å². The van der Waals surface area contributed by atoms with Crippen LogP contribution < -0.4 is 5.32 Å². The minimum Gasteiger partial charge on any atom is -0.481 e. The van der Waals surface area contributed by atoms with Crippen LogP contribution in [0.4, 0.5) is 10.5 Å². The zero-order valence-corrected chi connectivity index (χ0v) is 11.5. The fourth-order valence-corrected chi connectivity index (χ4v) is 1.75. The van der Waals surface area contributed by atoms with Gasteiger partial charge in [-0.3, -0.25) is 4.79 Å². The maximum Gasteiger partial charge on any atom is 0.321 e. The predicted octanol–water partition coefficient (Wildman–Crippen LogP) is 2.20. The van der Waals surface area contributed by atoms with Crippen molar-refractivity contribution in [2.45, 2.75) is 20.3 Å². The normalized spacial score (nSPS) is 9.65. The van der Waals surface area contributed by atoms with E-state index < -0.39 is 12.0 Å². The number of carbonyl (C=O) groups is 2. The molecule has 0 atom stereocenters. The molecule has 0 aliphatic carbocycles. The van der Waals surface area contributed by atoms with Gasteiger partial charge in [-0.25, -0.2) is 4.79 Å². The van der Waals surface area contributed by atoms with E-state index in [1.54, 1.807) is 32.0 Å². The van der Waals surface area contributed by atoms with Crippen LogP contribution in [-0.4, -0.2) is 35.1 Å². The molecule has 0 aromatic heterocycles. The van der Waals surface area contributed by atoms with Gasteiger partial charge in [-0.2, -0.15) is 5.26 Å². The number of aliphatic carboxylic acids is 1. The molecule has 6 nitrogen and oxygen atoms in total. The zero-order chi connectivity index (χ0) is 15.1. The van der Waals surface area contributed by atoms with Gasteiger partial charge in [-0.05, 0) is 25.5 Å². The number of amides is 2. The van der Waals surface area contributed by atoms with Gasteiger partial charge in [0.2, 0.25) is 0 Å². The maximum absolute atomic E-state index is 12.0. The van der Waals surface area contributed by atoms with Gasteiger partial charge in [0.1, 0.15) is 6.07 Å². The first-order valence-electron chi connectivity index (χ1n) is 6.27. The fraction of sp³-hybridized carbons (Fsp3) is 0.357. The Hall–Kier alpha value is -2.55. The van der Waals surface area contributed by atoms with Crippen LogP contribution in [0.5, 0.6) is 0 Å². The highest BCUT2D eigenvalue weighted by molar-refractivity contribution is 5.91. The predicted molar refractivity (Wildman–Crippen MR) is 74.4 cm³/mol. The molecule has 6 heteroatoms. The van der Waals surface area contributed by atoms with Crippen LogP contribution in [0, 0.1) is 18.3 Å². The molecule has 0 bridgehead atoms. The molecule has 0 unspecified atom stereocenters. The molecule has 1 aromatic carbocycles. The molecular formula is C14H17N3O3. The van der Waals surface area contributed by atoms with Crippen molar-refractivity contribution in [3.8, 4) is 6.07 Å². The monoisotopic (exact) mass is 275 g/mol. The number of aryl methyl sites for hydroxylation is 1. The lowest BCUT2D eigenvalue weighted by atomic mass is 10.1. The Morgan fingerprint density at radius 2 is 2.15 bits per heavy atom. The summed E-state index contributed by atoms with van der Waals surface area (Å²) in [7, 11) is 0. The number of carboxylic acid groups (broad SMARTS) is 1. The molecule has 0 aliphatic rings. The third-order valence-corrected chi connectivity index (χ3v) is 2.89. The quantitative estimate of drug-likeness (QED) is 0.861. The van der Waals surface area contributed by atoms with Crippen molar-refractivity contribution in [3.05, 3.63) is 29.3 Å². The molecular weight excluding hydrogens is 258 g/mol. The molecule has 2 amide bonds. The van der Waals surface area contributed by atoms with Crippen molar-refractivity contribution >= 4 is 17.7 Å². The molecule has 0 fully saturated rings. The summed E-state index contributed by atoms with van der Waals surface area (Å²) >= 11 is 0. The number of hydrogen-bond donors (Lipinski definition) is 2. The smallest absolute Gasteiger partial charge is 0.321 e. The average molecular weight is 275 g/mol. The molecule has 0 radical (unpaired) electrons. The molecule has 0 spiro atoms. The Morgan fingerprint density at radius 1 is 1.45 bits per heavy atom. The van der Waals surface area contributed by atoms with Gasteiger partial charge in [-0.1, -0.05) is 12.1 Å². The van der Waals surface area contributed by atoms with E-state index in [0.29, 0.717) is 17.8 Å². The van der Waals surface area contributed by atoms with E-state index >= 15 is 0 Å². The summed E-state index contributed by atoms with van der Waals surface area (Å²) in [5.74, 6) is -0.954. The Bertz CT molecular complexity index is 549. The number of carboxylic acids is 1. The number of carbonyl (C=O) groups excluding carboxylic acids is 1. The van der Waals surface area contributed by atoms with Crippen molar-refractivity contribution in [3.63, 3.8) is 0 Å². The molecule has 1 aromatic rings. The van der Waals surface area contributed by atoms with Gasteiger partial charge in [0.25, 0.3) is 0 Å². The molecule has 1 rings (SSSR count). The third kappa shape index (κ3) is 3.99. The summed E-state index contributed by atoms with van der Waals surface area (Å²) in [5.41, 5.74) is 1.63. The highest BCUT2D eigenvalue weighted by atomic mass is 16.4. The second-order valence-corrected chi connectivity index (χ2v) is 4.26. The van der Waals surface area contributed by atoms with E-state index in [1.807, 2.05) is 6.07 Å². The second kappa shape index (κ2) is 7.14. The van der Waals surface area contributed by atoms with Crippen LogP contribution in [0.25, 0.3) is 0 Å². The topological polar surface area (TPSA) is 93.4 Å². The van der Waals surface area contributed by atoms with Gasteiger partial charge in [0.15, 0.2) is 0 Å². The van der Waals surface area contributed by atoms with Crippen LogP contribution in [0.3, 0.4) is 0 Å². The first-order valence-corrected chi connectivity index (χ1v) is 6.27. The van der Waals surface area contributed by atoms with E-state index in [-0.39, 0.29) is 13.0 Å². The van der Waals surface area contributed by atoms with Gasteiger partial charge < -0.3 is 15.3 Å². The van der Waals surface area contributed by atoms with Gasteiger partial charge in [-0.15, -0.1) is 0 Å². The summed E-state index contributed by atoms with van der Waals surface area (Å²) in [6.45, 7) is 4.08. The van der Waals surface area contributed by atoms with Crippen LogP contribution in [0.1, 0.15) is 24.5 Å². The number of benzene rings is 1. The minimum absolute atomic E-state index is 0.111. The number of rotatable bonds is 5. The molecule has 20 heavy (non-hydrogen) atoms. The molecule has 2 N–H and O–H groups in total. The van der Waals surface area contributed by atoms with E-state index in [9.17, 15) is 9.59 Å². The third-order valence-electron chi connectivity index (χ3n) is 2.89. The number of anilines is 1. The van der Waals surface area contributed by atoms with Crippen molar-refractivity contribution in [2.75, 3.05) is 18.4 Å². The second-order valence-electron chi connectivity index (χ2n) is 4.26. The average Bonchev–Trinajstić information content (AvgIpc) is 2.39. The van der Waals surface area contributed by atoms with E-state index in [0.717, 1.165) is 5.56 Å². The first-order chi connectivity index (χ1) is 9.49. The van der Waals surface area contributed by atoms with Crippen molar-refractivity contribution in [1.29, 1.82) is 5.26 Å². The Labute approximate surface area is 117 Å². The number of hydrogen-bond acceptors (Lipinski definition) is 3.